The summed E-state index contributed by atoms with van der Waals surface area (Å²) in [5, 5.41) is 8.96. The van der Waals surface area contributed by atoms with E-state index in [4.69, 9.17) is 9.52 Å². The van der Waals surface area contributed by atoms with Gasteiger partial charge >= 0.3 is 0 Å². The number of aliphatic hydroxyl groups excluding tert-OH is 1. The molecule has 1 aromatic heterocycles. The molecule has 108 valence electrons. The minimum absolute atomic E-state index is 0.00973. The van der Waals surface area contributed by atoms with Crippen molar-refractivity contribution in [3.63, 3.8) is 0 Å². The number of hydrogen-bond donors (Lipinski definition) is 1. The molecule has 5 nitrogen and oxygen atoms in total. The first-order valence-electron chi connectivity index (χ1n) is 5.50. The Bertz CT molecular complexity index is 712. The van der Waals surface area contributed by atoms with E-state index in [1.165, 1.54) is 37.4 Å². The van der Waals surface area contributed by atoms with Crippen LogP contribution in [-0.4, -0.2) is 20.6 Å². The molecule has 0 radical (unpaired) electrons. The van der Waals surface area contributed by atoms with Gasteiger partial charge in [0, 0.05) is 13.1 Å². The highest BCUT2D eigenvalue weighted by Crippen LogP contribution is 2.30. The Labute approximate surface area is 123 Å². The van der Waals surface area contributed by atoms with E-state index in [1.807, 2.05) is 0 Å². The van der Waals surface area contributed by atoms with Gasteiger partial charge in [-0.1, -0.05) is 0 Å². The lowest BCUT2D eigenvalue weighted by molar-refractivity contribution is 0.245. The second-order valence-electron chi connectivity index (χ2n) is 3.96. The van der Waals surface area contributed by atoms with Crippen LogP contribution >= 0.6 is 15.9 Å². The van der Waals surface area contributed by atoms with E-state index >= 15 is 0 Å². The molecule has 0 saturated heterocycles. The van der Waals surface area contributed by atoms with Crippen molar-refractivity contribution in [2.45, 2.75) is 11.5 Å². The average molecular weight is 364 g/mol. The second kappa shape index (κ2) is 5.55. The highest BCUT2D eigenvalue weighted by molar-refractivity contribution is 9.10. The van der Waals surface area contributed by atoms with E-state index in [1.54, 1.807) is 0 Å². The first-order valence-corrected chi connectivity index (χ1v) is 7.73. The molecule has 0 amide bonds. The molecule has 2 rings (SSSR count). The fraction of sp³-hybridized carbons (Fsp3) is 0.167. The number of benzene rings is 1. The minimum Gasteiger partial charge on any atom is -0.450 e. The summed E-state index contributed by atoms with van der Waals surface area (Å²) in [7, 11) is -2.52. The summed E-state index contributed by atoms with van der Waals surface area (Å²) in [6, 6.07) is 6.29. The fourth-order valence-electron chi connectivity index (χ4n) is 1.59. The molecule has 1 aromatic carbocycles. The fourth-order valence-corrected chi connectivity index (χ4v) is 3.74. The lowest BCUT2D eigenvalue weighted by atomic mass is 10.3. The molecular formula is C12H11BrFNO4S. The van der Waals surface area contributed by atoms with Crippen molar-refractivity contribution in [3.05, 3.63) is 46.6 Å². The maximum absolute atomic E-state index is 12.9. The van der Waals surface area contributed by atoms with Gasteiger partial charge in [0.15, 0.2) is 4.67 Å². The first-order chi connectivity index (χ1) is 9.36. The van der Waals surface area contributed by atoms with Crippen LogP contribution in [0, 0.1) is 5.82 Å². The predicted molar refractivity (Wildman–Crippen MR) is 74.3 cm³/mol. The maximum atomic E-state index is 12.9. The lowest BCUT2D eigenvalue weighted by Gasteiger charge is -2.18. The molecule has 1 heterocycles. The van der Waals surface area contributed by atoms with Crippen LogP contribution in [0.15, 0.2) is 44.3 Å². The van der Waals surface area contributed by atoms with Crippen LogP contribution in [0.3, 0.4) is 0 Å². The van der Waals surface area contributed by atoms with Crippen LogP contribution in [-0.2, 0) is 16.6 Å². The van der Waals surface area contributed by atoms with Crippen LogP contribution in [0.2, 0.25) is 0 Å². The number of aliphatic hydroxyl groups is 1. The number of hydrogen-bond acceptors (Lipinski definition) is 4. The number of rotatable bonds is 4. The third kappa shape index (κ3) is 2.72. The molecule has 0 spiro atoms. The molecule has 0 aliphatic carbocycles. The third-order valence-corrected chi connectivity index (χ3v) is 5.33. The molecule has 2 aromatic rings. The second-order valence-corrected chi connectivity index (χ2v) is 6.62. The highest BCUT2D eigenvalue weighted by Gasteiger charge is 2.27. The minimum atomic E-state index is -3.87. The largest absolute Gasteiger partial charge is 0.450 e. The normalized spacial score (nSPS) is 11.6. The molecule has 8 heteroatoms. The van der Waals surface area contributed by atoms with E-state index in [0.29, 0.717) is 5.69 Å². The van der Waals surface area contributed by atoms with Crippen molar-refractivity contribution in [1.29, 1.82) is 0 Å². The van der Waals surface area contributed by atoms with Crippen LogP contribution < -0.4 is 4.31 Å². The van der Waals surface area contributed by atoms with Gasteiger partial charge in [-0.05, 0) is 40.2 Å². The summed E-state index contributed by atoms with van der Waals surface area (Å²) < 4.78 is 43.8. The van der Waals surface area contributed by atoms with Crippen LogP contribution in [0.25, 0.3) is 0 Å². The smallest absolute Gasteiger partial charge is 0.268 e. The summed E-state index contributed by atoms with van der Waals surface area (Å²) in [6.07, 6.45) is 0. The van der Waals surface area contributed by atoms with Gasteiger partial charge in [0.1, 0.15) is 23.1 Å². The lowest BCUT2D eigenvalue weighted by Crippen LogP contribution is -2.26. The highest BCUT2D eigenvalue weighted by atomic mass is 79.9. The number of sulfonamides is 1. The zero-order valence-electron chi connectivity index (χ0n) is 10.4. The topological polar surface area (TPSA) is 70.8 Å². The number of anilines is 1. The first kappa shape index (κ1) is 15.0. The molecule has 0 aliphatic rings. The van der Waals surface area contributed by atoms with Gasteiger partial charge < -0.3 is 9.52 Å². The monoisotopic (exact) mass is 363 g/mol. The molecule has 0 fully saturated rings. The van der Waals surface area contributed by atoms with Crippen LogP contribution in [0.4, 0.5) is 10.1 Å². The molecule has 0 bridgehead atoms. The number of nitrogens with zero attached hydrogens (tertiary/aromatic N) is 1. The van der Waals surface area contributed by atoms with Crippen molar-refractivity contribution in [1.82, 2.24) is 0 Å². The molecule has 0 aliphatic heterocycles. The summed E-state index contributed by atoms with van der Waals surface area (Å²) in [4.78, 5) is -0.103. The number of furan rings is 1. The van der Waals surface area contributed by atoms with Gasteiger partial charge in [0.05, 0.1) is 5.69 Å². The molecular weight excluding hydrogens is 353 g/mol. The quantitative estimate of drug-likeness (QED) is 0.905. The summed E-state index contributed by atoms with van der Waals surface area (Å²) in [5.41, 5.74) is 0.310. The van der Waals surface area contributed by atoms with Crippen molar-refractivity contribution < 1.29 is 22.3 Å². The van der Waals surface area contributed by atoms with Gasteiger partial charge in [0.25, 0.3) is 10.0 Å². The van der Waals surface area contributed by atoms with Crippen molar-refractivity contribution >= 4 is 31.6 Å². The zero-order valence-corrected chi connectivity index (χ0v) is 12.8. The third-order valence-electron chi connectivity index (χ3n) is 2.69. The van der Waals surface area contributed by atoms with E-state index in [2.05, 4.69) is 15.9 Å². The van der Waals surface area contributed by atoms with Crippen molar-refractivity contribution in [2.75, 3.05) is 11.4 Å². The molecule has 0 atom stereocenters. The van der Waals surface area contributed by atoms with Gasteiger partial charge in [-0.3, -0.25) is 4.31 Å². The Morgan fingerprint density at radius 2 is 1.95 bits per heavy atom. The standard InChI is InChI=1S/C12H11BrFNO4S/c1-15(9-4-2-8(14)3-5-9)20(17,18)11-6-10(7-16)19-12(11)13/h2-6,16H,7H2,1H3. The van der Waals surface area contributed by atoms with Crippen molar-refractivity contribution in [3.8, 4) is 0 Å². The van der Waals surface area contributed by atoms with E-state index in [0.717, 1.165) is 4.31 Å². The predicted octanol–water partition coefficient (Wildman–Crippen LogP) is 2.50. The summed E-state index contributed by atoms with van der Waals surface area (Å²) >= 11 is 3.00. The van der Waals surface area contributed by atoms with Gasteiger partial charge in [-0.15, -0.1) is 0 Å². The van der Waals surface area contributed by atoms with Gasteiger partial charge in [0.2, 0.25) is 0 Å². The Morgan fingerprint density at radius 1 is 1.35 bits per heavy atom. The summed E-state index contributed by atoms with van der Waals surface area (Å²) in [6.45, 7) is -0.408. The Hall–Kier alpha value is -1.38. The molecule has 20 heavy (non-hydrogen) atoms. The maximum Gasteiger partial charge on any atom is 0.268 e. The van der Waals surface area contributed by atoms with Crippen LogP contribution in [0.1, 0.15) is 5.76 Å². The number of halogens is 2. The molecule has 0 saturated carbocycles. The molecule has 1 N–H and O–H groups in total. The van der Waals surface area contributed by atoms with E-state index in [-0.39, 0.29) is 15.3 Å². The van der Waals surface area contributed by atoms with Crippen LogP contribution in [0.5, 0.6) is 0 Å². The van der Waals surface area contributed by atoms with Gasteiger partial charge in [-0.25, -0.2) is 12.8 Å². The molecule has 0 unspecified atom stereocenters. The Morgan fingerprint density at radius 3 is 2.45 bits per heavy atom. The summed E-state index contributed by atoms with van der Waals surface area (Å²) in [5.74, 6) is -0.324. The van der Waals surface area contributed by atoms with Crippen molar-refractivity contribution in [2.24, 2.45) is 0 Å². The Balaban J connectivity index is 2.43. The average Bonchev–Trinajstić information content (AvgIpc) is 2.81. The van der Waals surface area contributed by atoms with E-state index in [9.17, 15) is 12.8 Å². The van der Waals surface area contributed by atoms with Gasteiger partial charge in [-0.2, -0.15) is 0 Å². The zero-order chi connectivity index (χ0) is 14.9. The SMILES string of the molecule is CN(c1ccc(F)cc1)S(=O)(=O)c1cc(CO)oc1Br. The van der Waals surface area contributed by atoms with E-state index < -0.39 is 22.4 Å². The Kier molecular flexibility index (Phi) is 4.17.